The van der Waals surface area contributed by atoms with Gasteiger partial charge in [-0.25, -0.2) is 4.39 Å². The first-order valence-electron chi connectivity index (χ1n) is 10.9. The molecule has 1 aliphatic heterocycles. The molecule has 0 N–H and O–H groups in total. The Bertz CT molecular complexity index is 1100. The standard InChI is InChI=1S/C25H26FN3O4/c1-17-23(18(2)33-27-17)16-32-22-9-3-19(4-10-22)15-24(30)28-11-13-29(14-12-28)25(31)20-5-7-21(26)8-6-20/h3-10H,11-16H2,1-2H3. The molecule has 33 heavy (non-hydrogen) atoms. The molecule has 0 unspecified atom stereocenters. The lowest BCUT2D eigenvalue weighted by Crippen LogP contribution is -2.51. The largest absolute Gasteiger partial charge is 0.489 e. The molecule has 2 amide bonds. The topological polar surface area (TPSA) is 75.9 Å². The highest BCUT2D eigenvalue weighted by Crippen LogP contribution is 2.19. The Morgan fingerprint density at radius 1 is 0.970 bits per heavy atom. The van der Waals surface area contributed by atoms with Gasteiger partial charge in [-0.2, -0.15) is 0 Å². The lowest BCUT2D eigenvalue weighted by molar-refractivity contribution is -0.131. The van der Waals surface area contributed by atoms with Crippen LogP contribution in [-0.4, -0.2) is 52.9 Å². The van der Waals surface area contributed by atoms with Crippen molar-refractivity contribution >= 4 is 11.8 Å². The van der Waals surface area contributed by atoms with E-state index in [9.17, 15) is 14.0 Å². The normalized spacial score (nSPS) is 13.8. The molecule has 0 bridgehead atoms. The highest BCUT2D eigenvalue weighted by atomic mass is 19.1. The van der Waals surface area contributed by atoms with Crippen molar-refractivity contribution in [3.8, 4) is 5.75 Å². The molecule has 0 aliphatic carbocycles. The Balaban J connectivity index is 1.26. The zero-order chi connectivity index (χ0) is 23.4. The van der Waals surface area contributed by atoms with Crippen LogP contribution >= 0.6 is 0 Å². The fourth-order valence-electron chi connectivity index (χ4n) is 3.79. The van der Waals surface area contributed by atoms with Crippen LogP contribution in [0, 0.1) is 19.7 Å². The van der Waals surface area contributed by atoms with E-state index in [0.29, 0.717) is 44.1 Å². The predicted octanol–water partition coefficient (Wildman–Crippen LogP) is 3.54. The van der Waals surface area contributed by atoms with Crippen LogP contribution in [-0.2, 0) is 17.8 Å². The van der Waals surface area contributed by atoms with Crippen LogP contribution in [0.25, 0.3) is 0 Å². The highest BCUT2D eigenvalue weighted by molar-refractivity contribution is 5.94. The Hall–Kier alpha value is -3.68. The summed E-state index contributed by atoms with van der Waals surface area (Å²) < 4.78 is 24.0. The van der Waals surface area contributed by atoms with E-state index in [1.54, 1.807) is 9.80 Å². The maximum Gasteiger partial charge on any atom is 0.253 e. The summed E-state index contributed by atoms with van der Waals surface area (Å²) in [6, 6.07) is 13.0. The van der Waals surface area contributed by atoms with Gasteiger partial charge < -0.3 is 19.1 Å². The number of nitrogens with zero attached hydrogens (tertiary/aromatic N) is 3. The zero-order valence-electron chi connectivity index (χ0n) is 18.7. The number of aromatic nitrogens is 1. The number of benzene rings is 2. The first-order valence-corrected chi connectivity index (χ1v) is 10.9. The lowest BCUT2D eigenvalue weighted by Gasteiger charge is -2.35. The van der Waals surface area contributed by atoms with Gasteiger partial charge in [0.2, 0.25) is 5.91 Å². The number of ether oxygens (including phenoxy) is 1. The maximum absolute atomic E-state index is 13.1. The summed E-state index contributed by atoms with van der Waals surface area (Å²) >= 11 is 0. The summed E-state index contributed by atoms with van der Waals surface area (Å²) in [6.07, 6.45) is 0.288. The molecular formula is C25H26FN3O4. The van der Waals surface area contributed by atoms with Gasteiger partial charge >= 0.3 is 0 Å². The highest BCUT2D eigenvalue weighted by Gasteiger charge is 2.25. The fourth-order valence-corrected chi connectivity index (χ4v) is 3.79. The van der Waals surface area contributed by atoms with Gasteiger partial charge in [0.25, 0.3) is 5.91 Å². The molecule has 3 aromatic rings. The van der Waals surface area contributed by atoms with E-state index >= 15 is 0 Å². The average molecular weight is 451 g/mol. The average Bonchev–Trinajstić information content (AvgIpc) is 3.15. The SMILES string of the molecule is Cc1noc(C)c1COc1ccc(CC(=O)N2CCN(C(=O)c3ccc(F)cc3)CC2)cc1. The molecule has 0 spiro atoms. The van der Waals surface area contributed by atoms with Crippen molar-refractivity contribution in [3.63, 3.8) is 0 Å². The number of hydrogen-bond acceptors (Lipinski definition) is 5. The van der Waals surface area contributed by atoms with E-state index in [1.807, 2.05) is 38.1 Å². The monoisotopic (exact) mass is 451 g/mol. The van der Waals surface area contributed by atoms with E-state index < -0.39 is 0 Å². The Morgan fingerprint density at radius 2 is 1.61 bits per heavy atom. The minimum atomic E-state index is -0.373. The number of hydrogen-bond donors (Lipinski definition) is 0. The molecule has 2 heterocycles. The molecule has 2 aromatic carbocycles. The van der Waals surface area contributed by atoms with Crippen LogP contribution in [0.2, 0.25) is 0 Å². The molecule has 8 heteroatoms. The quantitative estimate of drug-likeness (QED) is 0.573. The van der Waals surface area contributed by atoms with Gasteiger partial charge in [-0.1, -0.05) is 17.3 Å². The number of amides is 2. The third-order valence-corrected chi connectivity index (χ3v) is 5.85. The lowest BCUT2D eigenvalue weighted by atomic mass is 10.1. The summed E-state index contributed by atoms with van der Waals surface area (Å²) in [6.45, 7) is 5.97. The molecule has 1 aromatic heterocycles. The molecule has 1 aliphatic rings. The molecule has 1 saturated heterocycles. The summed E-state index contributed by atoms with van der Waals surface area (Å²) in [7, 11) is 0. The van der Waals surface area contributed by atoms with Gasteiger partial charge in [0.1, 0.15) is 23.9 Å². The van der Waals surface area contributed by atoms with E-state index in [0.717, 1.165) is 22.6 Å². The predicted molar refractivity (Wildman–Crippen MR) is 119 cm³/mol. The van der Waals surface area contributed by atoms with Crippen molar-refractivity contribution in [1.29, 1.82) is 0 Å². The van der Waals surface area contributed by atoms with Crippen LogP contribution in [0.3, 0.4) is 0 Å². The molecule has 7 nitrogen and oxygen atoms in total. The molecule has 1 fully saturated rings. The van der Waals surface area contributed by atoms with Crippen LogP contribution in [0.5, 0.6) is 5.75 Å². The van der Waals surface area contributed by atoms with E-state index in [4.69, 9.17) is 9.26 Å². The summed E-state index contributed by atoms with van der Waals surface area (Å²) in [5.41, 5.74) is 3.10. The number of carbonyl (C=O) groups is 2. The second-order valence-corrected chi connectivity index (χ2v) is 8.09. The minimum absolute atomic E-state index is 0.0215. The van der Waals surface area contributed by atoms with Crippen molar-refractivity contribution in [2.45, 2.75) is 26.9 Å². The van der Waals surface area contributed by atoms with Crippen molar-refractivity contribution in [2.24, 2.45) is 0 Å². The van der Waals surface area contributed by atoms with Crippen molar-refractivity contribution in [2.75, 3.05) is 26.2 Å². The van der Waals surface area contributed by atoms with Gasteiger partial charge in [-0.3, -0.25) is 9.59 Å². The van der Waals surface area contributed by atoms with Crippen LogP contribution < -0.4 is 4.74 Å². The summed E-state index contributed by atoms with van der Waals surface area (Å²) in [5, 5.41) is 3.92. The van der Waals surface area contributed by atoms with Gasteiger partial charge in [0.15, 0.2) is 0 Å². The van der Waals surface area contributed by atoms with E-state index in [2.05, 4.69) is 5.16 Å². The van der Waals surface area contributed by atoms with Gasteiger partial charge in [0.05, 0.1) is 17.7 Å². The van der Waals surface area contributed by atoms with Crippen LogP contribution in [0.1, 0.15) is 32.9 Å². The van der Waals surface area contributed by atoms with Gasteiger partial charge in [-0.05, 0) is 55.8 Å². The number of carbonyl (C=O) groups excluding carboxylic acids is 2. The summed E-state index contributed by atoms with van der Waals surface area (Å²) in [4.78, 5) is 28.8. The van der Waals surface area contributed by atoms with Crippen molar-refractivity contribution < 1.29 is 23.2 Å². The van der Waals surface area contributed by atoms with Crippen LogP contribution in [0.15, 0.2) is 53.1 Å². The van der Waals surface area contributed by atoms with Crippen molar-refractivity contribution in [3.05, 3.63) is 82.5 Å². The third-order valence-electron chi connectivity index (χ3n) is 5.85. The Labute approximate surface area is 191 Å². The Kier molecular flexibility index (Phi) is 6.72. The number of aryl methyl sites for hydroxylation is 2. The van der Waals surface area contributed by atoms with Crippen molar-refractivity contribution in [1.82, 2.24) is 15.0 Å². The first kappa shape index (κ1) is 22.5. The van der Waals surface area contributed by atoms with E-state index in [1.165, 1.54) is 24.3 Å². The van der Waals surface area contributed by atoms with Gasteiger partial charge in [0, 0.05) is 31.7 Å². The number of halogens is 1. The van der Waals surface area contributed by atoms with Gasteiger partial charge in [-0.15, -0.1) is 0 Å². The first-order chi connectivity index (χ1) is 15.9. The molecule has 172 valence electrons. The van der Waals surface area contributed by atoms with E-state index in [-0.39, 0.29) is 24.1 Å². The smallest absolute Gasteiger partial charge is 0.253 e. The Morgan fingerprint density at radius 3 is 2.21 bits per heavy atom. The second-order valence-electron chi connectivity index (χ2n) is 8.09. The number of rotatable bonds is 6. The van der Waals surface area contributed by atoms with Crippen LogP contribution in [0.4, 0.5) is 4.39 Å². The molecule has 0 radical (unpaired) electrons. The fraction of sp³-hybridized carbons (Fsp3) is 0.320. The third kappa shape index (κ3) is 5.39. The maximum atomic E-state index is 13.1. The number of piperazine rings is 1. The molecule has 4 rings (SSSR count). The molecule has 0 atom stereocenters. The summed E-state index contributed by atoms with van der Waals surface area (Å²) in [5.74, 6) is 0.956. The molecule has 0 saturated carbocycles. The second kappa shape index (κ2) is 9.85. The zero-order valence-corrected chi connectivity index (χ0v) is 18.7. The molecular weight excluding hydrogens is 425 g/mol. The minimum Gasteiger partial charge on any atom is -0.489 e.